The fourth-order valence-corrected chi connectivity index (χ4v) is 2.70. The second-order valence-corrected chi connectivity index (χ2v) is 6.71. The summed E-state index contributed by atoms with van der Waals surface area (Å²) in [5.41, 5.74) is 1.55. The Hall–Kier alpha value is -2.60. The maximum absolute atomic E-state index is 12.4. The lowest BCUT2D eigenvalue weighted by molar-refractivity contribution is 0.101. The van der Waals surface area contributed by atoms with Gasteiger partial charge in [0.15, 0.2) is 0 Å². The summed E-state index contributed by atoms with van der Waals surface area (Å²) < 4.78 is 0. The first kappa shape index (κ1) is 19.2. The summed E-state index contributed by atoms with van der Waals surface area (Å²) in [5, 5.41) is 6.49. The van der Waals surface area contributed by atoms with Gasteiger partial charge in [0.2, 0.25) is 0 Å². The minimum absolute atomic E-state index is 0.295. The van der Waals surface area contributed by atoms with Crippen molar-refractivity contribution in [2.75, 3.05) is 10.6 Å². The second kappa shape index (κ2) is 8.39. The Labute approximate surface area is 170 Å². The van der Waals surface area contributed by atoms with Crippen molar-refractivity contribution in [2.24, 2.45) is 0 Å². The van der Waals surface area contributed by atoms with Crippen LogP contribution in [0, 0.1) is 0 Å². The predicted octanol–water partition coefficient (Wildman–Crippen LogP) is 5.55. The zero-order valence-electron chi connectivity index (χ0n) is 13.7. The maximum atomic E-state index is 12.4. The molecule has 3 rings (SSSR count). The molecule has 3 aromatic rings. The number of rotatable bonds is 4. The van der Waals surface area contributed by atoms with Crippen molar-refractivity contribution < 1.29 is 9.59 Å². The molecule has 0 saturated heterocycles. The molecule has 0 bridgehead atoms. The minimum Gasteiger partial charge on any atom is -0.322 e. The summed E-state index contributed by atoms with van der Waals surface area (Å²) >= 11 is 17.8. The number of aromatic nitrogens is 1. The van der Waals surface area contributed by atoms with Gasteiger partial charge in [-0.25, -0.2) is 4.98 Å². The number of pyridine rings is 1. The van der Waals surface area contributed by atoms with Crippen LogP contribution < -0.4 is 10.6 Å². The summed E-state index contributed by atoms with van der Waals surface area (Å²) in [5.74, 6) is -0.738. The number of halogens is 3. The van der Waals surface area contributed by atoms with Crippen molar-refractivity contribution in [1.29, 1.82) is 0 Å². The van der Waals surface area contributed by atoms with E-state index in [9.17, 15) is 9.59 Å². The van der Waals surface area contributed by atoms with E-state index >= 15 is 0 Å². The Morgan fingerprint density at radius 3 is 2.30 bits per heavy atom. The summed E-state index contributed by atoms with van der Waals surface area (Å²) in [7, 11) is 0. The molecule has 1 aromatic heterocycles. The number of carbonyl (C=O) groups is 2. The third kappa shape index (κ3) is 4.98. The van der Waals surface area contributed by atoms with E-state index in [-0.39, 0.29) is 11.8 Å². The van der Waals surface area contributed by atoms with Crippen LogP contribution in [0.2, 0.25) is 15.2 Å². The molecule has 0 unspecified atom stereocenters. The molecule has 0 aliphatic heterocycles. The average molecular weight is 421 g/mol. The number of hydrogen-bond donors (Lipinski definition) is 2. The molecule has 0 fully saturated rings. The van der Waals surface area contributed by atoms with Crippen LogP contribution in [-0.2, 0) is 0 Å². The van der Waals surface area contributed by atoms with E-state index in [1.165, 1.54) is 12.3 Å². The van der Waals surface area contributed by atoms with Crippen LogP contribution in [0.1, 0.15) is 20.7 Å². The number of carbonyl (C=O) groups excluding carboxylic acids is 2. The summed E-state index contributed by atoms with van der Waals surface area (Å²) in [6.07, 6.45) is 1.37. The number of anilines is 2. The molecule has 8 heteroatoms. The smallest absolute Gasteiger partial charge is 0.257 e. The molecule has 0 atom stereocenters. The van der Waals surface area contributed by atoms with Crippen molar-refractivity contribution in [3.8, 4) is 0 Å². The third-order valence-corrected chi connectivity index (χ3v) is 4.34. The Bertz CT molecular complexity index is 1010. The van der Waals surface area contributed by atoms with Crippen molar-refractivity contribution >= 4 is 58.0 Å². The van der Waals surface area contributed by atoms with E-state index in [2.05, 4.69) is 15.6 Å². The first-order valence-electron chi connectivity index (χ1n) is 7.72. The van der Waals surface area contributed by atoms with Gasteiger partial charge in [0.25, 0.3) is 11.8 Å². The first-order chi connectivity index (χ1) is 12.9. The van der Waals surface area contributed by atoms with Crippen molar-refractivity contribution in [3.63, 3.8) is 0 Å². The SMILES string of the molecule is O=C(Nc1ccc(Cl)c(NC(=O)c2cccc(Cl)c2)c1)c1ccc(Cl)nc1. The van der Waals surface area contributed by atoms with Crippen LogP contribution in [0.5, 0.6) is 0 Å². The highest BCUT2D eigenvalue weighted by Crippen LogP contribution is 2.26. The lowest BCUT2D eigenvalue weighted by atomic mass is 10.2. The molecule has 0 saturated carbocycles. The molecular formula is C19H12Cl3N3O2. The van der Waals surface area contributed by atoms with Crippen LogP contribution in [0.4, 0.5) is 11.4 Å². The topological polar surface area (TPSA) is 71.1 Å². The van der Waals surface area contributed by atoms with Gasteiger partial charge in [-0.05, 0) is 48.5 Å². The molecule has 0 radical (unpaired) electrons. The van der Waals surface area contributed by atoms with Crippen LogP contribution in [-0.4, -0.2) is 16.8 Å². The van der Waals surface area contributed by atoms with E-state index in [1.807, 2.05) is 0 Å². The van der Waals surface area contributed by atoms with Crippen LogP contribution >= 0.6 is 34.8 Å². The molecule has 0 aliphatic rings. The zero-order valence-corrected chi connectivity index (χ0v) is 15.9. The summed E-state index contributed by atoms with van der Waals surface area (Å²) in [4.78, 5) is 28.5. The second-order valence-electron chi connectivity index (χ2n) is 5.48. The Morgan fingerprint density at radius 2 is 1.59 bits per heavy atom. The molecule has 2 N–H and O–H groups in total. The molecule has 5 nitrogen and oxygen atoms in total. The van der Waals surface area contributed by atoms with Gasteiger partial charge >= 0.3 is 0 Å². The number of hydrogen-bond acceptors (Lipinski definition) is 3. The quantitative estimate of drug-likeness (QED) is 0.544. The first-order valence-corrected chi connectivity index (χ1v) is 8.85. The Balaban J connectivity index is 1.76. The number of benzene rings is 2. The Kier molecular flexibility index (Phi) is 5.96. The number of amides is 2. The van der Waals surface area contributed by atoms with Gasteiger partial charge in [-0.1, -0.05) is 40.9 Å². The van der Waals surface area contributed by atoms with E-state index in [0.717, 1.165) is 0 Å². The largest absolute Gasteiger partial charge is 0.322 e. The third-order valence-electron chi connectivity index (χ3n) is 3.55. The van der Waals surface area contributed by atoms with E-state index < -0.39 is 0 Å². The standard InChI is InChI=1S/C19H12Cl3N3O2/c20-13-3-1-2-11(8-13)18(26)25-16-9-14(5-6-15(16)21)24-19(27)12-4-7-17(22)23-10-12/h1-10H,(H,24,27)(H,25,26). The van der Waals surface area contributed by atoms with Gasteiger partial charge in [-0.2, -0.15) is 0 Å². The van der Waals surface area contributed by atoms with E-state index in [1.54, 1.807) is 48.5 Å². The van der Waals surface area contributed by atoms with Gasteiger partial charge in [0.05, 0.1) is 16.3 Å². The zero-order chi connectivity index (χ0) is 19.4. The molecule has 0 spiro atoms. The van der Waals surface area contributed by atoms with Gasteiger partial charge in [0, 0.05) is 22.5 Å². The molecule has 136 valence electrons. The molecule has 27 heavy (non-hydrogen) atoms. The predicted molar refractivity (Wildman–Crippen MR) is 108 cm³/mol. The van der Waals surface area contributed by atoms with Crippen LogP contribution in [0.3, 0.4) is 0 Å². The van der Waals surface area contributed by atoms with Crippen LogP contribution in [0.15, 0.2) is 60.8 Å². The minimum atomic E-state index is -0.371. The highest BCUT2D eigenvalue weighted by molar-refractivity contribution is 6.34. The lowest BCUT2D eigenvalue weighted by Crippen LogP contribution is -2.14. The average Bonchev–Trinajstić information content (AvgIpc) is 2.65. The Morgan fingerprint density at radius 1 is 0.815 bits per heavy atom. The molecule has 2 amide bonds. The maximum Gasteiger partial charge on any atom is 0.257 e. The van der Waals surface area contributed by atoms with Gasteiger partial charge in [-0.15, -0.1) is 0 Å². The fraction of sp³-hybridized carbons (Fsp3) is 0. The monoisotopic (exact) mass is 419 g/mol. The summed E-state index contributed by atoms with van der Waals surface area (Å²) in [6.45, 7) is 0. The molecular weight excluding hydrogens is 409 g/mol. The highest BCUT2D eigenvalue weighted by atomic mass is 35.5. The highest BCUT2D eigenvalue weighted by Gasteiger charge is 2.12. The number of nitrogens with zero attached hydrogens (tertiary/aromatic N) is 1. The van der Waals surface area contributed by atoms with E-state index in [0.29, 0.717) is 37.7 Å². The van der Waals surface area contributed by atoms with Gasteiger partial charge in [0.1, 0.15) is 5.15 Å². The van der Waals surface area contributed by atoms with Gasteiger partial charge < -0.3 is 10.6 Å². The molecule has 2 aromatic carbocycles. The van der Waals surface area contributed by atoms with E-state index in [4.69, 9.17) is 34.8 Å². The van der Waals surface area contributed by atoms with Gasteiger partial charge in [-0.3, -0.25) is 9.59 Å². The van der Waals surface area contributed by atoms with Crippen molar-refractivity contribution in [2.45, 2.75) is 0 Å². The van der Waals surface area contributed by atoms with Crippen molar-refractivity contribution in [1.82, 2.24) is 4.98 Å². The fourth-order valence-electron chi connectivity index (χ4n) is 2.24. The van der Waals surface area contributed by atoms with Crippen molar-refractivity contribution in [3.05, 3.63) is 87.1 Å². The van der Waals surface area contributed by atoms with Crippen LogP contribution in [0.25, 0.3) is 0 Å². The number of nitrogens with one attached hydrogen (secondary N) is 2. The molecule has 0 aliphatic carbocycles. The lowest BCUT2D eigenvalue weighted by Gasteiger charge is -2.11. The normalized spacial score (nSPS) is 10.3. The summed E-state index contributed by atoms with van der Waals surface area (Å²) in [6, 6.07) is 14.4. The molecule has 1 heterocycles.